The predicted molar refractivity (Wildman–Crippen MR) is 128 cm³/mol. The minimum Gasteiger partial charge on any atom is -0.368 e. The molecule has 2 saturated heterocycles. The Morgan fingerprint density at radius 3 is 2.42 bits per heavy atom. The molecule has 2 fully saturated rings. The lowest BCUT2D eigenvalue weighted by molar-refractivity contribution is 0.154. The highest BCUT2D eigenvalue weighted by molar-refractivity contribution is 7.99. The molecule has 0 aliphatic carbocycles. The highest BCUT2D eigenvalue weighted by atomic mass is 32.2. The third-order valence-corrected chi connectivity index (χ3v) is 7.38. The van der Waals surface area contributed by atoms with Gasteiger partial charge >= 0.3 is 6.03 Å². The molecule has 0 saturated carbocycles. The molecule has 6 nitrogen and oxygen atoms in total. The molecule has 0 bridgehead atoms. The first-order chi connectivity index (χ1) is 15.1. The smallest absolute Gasteiger partial charge is 0.320 e. The Balaban J connectivity index is 1.34. The zero-order valence-electron chi connectivity index (χ0n) is 18.3. The fourth-order valence-electron chi connectivity index (χ4n) is 4.55. The summed E-state index contributed by atoms with van der Waals surface area (Å²) in [5.74, 6) is 2.11. The molecular weight excluding hydrogens is 406 g/mol. The van der Waals surface area contributed by atoms with Crippen LogP contribution >= 0.6 is 11.8 Å². The summed E-state index contributed by atoms with van der Waals surface area (Å²) in [5.41, 5.74) is 6.80. The molecule has 7 heteroatoms. The lowest BCUT2D eigenvalue weighted by Gasteiger charge is -2.39. The zero-order chi connectivity index (χ0) is 21.4. The zero-order valence-corrected chi connectivity index (χ0v) is 19.1. The molecule has 0 unspecified atom stereocenters. The topological polar surface area (TPSA) is 44.1 Å². The minimum atomic E-state index is 0.213. The molecular formula is C24H29N5OS. The largest absolute Gasteiger partial charge is 0.368 e. The van der Waals surface area contributed by atoms with Crippen LogP contribution in [-0.4, -0.2) is 76.0 Å². The summed E-state index contributed by atoms with van der Waals surface area (Å²) in [6, 6.07) is 13.0. The monoisotopic (exact) mass is 435 g/mol. The van der Waals surface area contributed by atoms with Crippen LogP contribution in [-0.2, 0) is 0 Å². The number of fused-ring (bicyclic) bond motifs is 1. The fraction of sp³-hybridized carbons (Fsp3) is 0.417. The average Bonchev–Trinajstić information content (AvgIpc) is 3.16. The van der Waals surface area contributed by atoms with Crippen LogP contribution in [0.15, 0.2) is 42.6 Å². The SMILES string of the molecule is Cc1ccc(N2CCN(C(=O)N3CCSCC3)CC2)cc1-c1nc2ccccn2c1C. The van der Waals surface area contributed by atoms with Gasteiger partial charge in [-0.15, -0.1) is 0 Å². The van der Waals surface area contributed by atoms with Gasteiger partial charge in [-0.25, -0.2) is 9.78 Å². The van der Waals surface area contributed by atoms with E-state index in [-0.39, 0.29) is 6.03 Å². The van der Waals surface area contributed by atoms with Crippen molar-refractivity contribution in [2.45, 2.75) is 13.8 Å². The van der Waals surface area contributed by atoms with Gasteiger partial charge < -0.3 is 19.1 Å². The van der Waals surface area contributed by atoms with Gasteiger partial charge in [0, 0.05) is 73.9 Å². The second-order valence-corrected chi connectivity index (χ2v) is 9.55. The van der Waals surface area contributed by atoms with Gasteiger partial charge in [0.05, 0.1) is 5.69 Å². The van der Waals surface area contributed by atoms with Gasteiger partial charge in [-0.3, -0.25) is 0 Å². The summed E-state index contributed by atoms with van der Waals surface area (Å²) < 4.78 is 2.14. The number of hydrogen-bond acceptors (Lipinski definition) is 4. The third kappa shape index (κ3) is 3.87. The number of carbonyl (C=O) groups is 1. The molecule has 0 radical (unpaired) electrons. The van der Waals surface area contributed by atoms with Crippen molar-refractivity contribution in [1.29, 1.82) is 0 Å². The van der Waals surface area contributed by atoms with Crippen molar-refractivity contribution in [1.82, 2.24) is 19.2 Å². The molecule has 31 heavy (non-hydrogen) atoms. The maximum atomic E-state index is 12.8. The van der Waals surface area contributed by atoms with Crippen molar-refractivity contribution >= 4 is 29.1 Å². The van der Waals surface area contributed by atoms with E-state index in [0.29, 0.717) is 0 Å². The highest BCUT2D eigenvalue weighted by Crippen LogP contribution is 2.31. The Labute approximate surface area is 187 Å². The van der Waals surface area contributed by atoms with E-state index < -0.39 is 0 Å². The first-order valence-corrected chi connectivity index (χ1v) is 12.2. The number of aryl methyl sites for hydroxylation is 2. The standard InChI is InChI=1S/C24H29N5OS/c1-18-6-7-20(17-21(18)23-19(2)29-8-4-3-5-22(29)25-23)26-9-11-27(12-10-26)24(30)28-13-15-31-16-14-28/h3-8,17H,9-16H2,1-2H3. The number of amides is 2. The number of hydrogen-bond donors (Lipinski definition) is 0. The van der Waals surface area contributed by atoms with Crippen LogP contribution in [0.5, 0.6) is 0 Å². The van der Waals surface area contributed by atoms with Crippen LogP contribution in [0, 0.1) is 13.8 Å². The van der Waals surface area contributed by atoms with E-state index in [0.717, 1.165) is 67.8 Å². The normalized spacial score (nSPS) is 17.4. The van der Waals surface area contributed by atoms with Crippen molar-refractivity contribution < 1.29 is 4.79 Å². The number of nitrogens with zero attached hydrogens (tertiary/aromatic N) is 5. The van der Waals surface area contributed by atoms with Gasteiger partial charge in [-0.1, -0.05) is 12.1 Å². The fourth-order valence-corrected chi connectivity index (χ4v) is 5.45. The lowest BCUT2D eigenvalue weighted by atomic mass is 10.0. The Bertz CT molecular complexity index is 1100. The molecule has 0 N–H and O–H groups in total. The van der Waals surface area contributed by atoms with Crippen molar-refractivity contribution in [3.8, 4) is 11.3 Å². The van der Waals surface area contributed by atoms with Crippen LogP contribution < -0.4 is 4.90 Å². The number of anilines is 1. The molecule has 1 aromatic carbocycles. The quantitative estimate of drug-likeness (QED) is 0.612. The minimum absolute atomic E-state index is 0.213. The second-order valence-electron chi connectivity index (χ2n) is 8.33. The first-order valence-electron chi connectivity index (χ1n) is 11.0. The van der Waals surface area contributed by atoms with Crippen LogP contribution in [0.2, 0.25) is 0 Å². The second kappa shape index (κ2) is 8.46. The number of rotatable bonds is 2. The number of urea groups is 1. The maximum absolute atomic E-state index is 12.8. The number of thioether (sulfide) groups is 1. The van der Waals surface area contributed by atoms with Crippen molar-refractivity contribution in [3.63, 3.8) is 0 Å². The average molecular weight is 436 g/mol. The van der Waals surface area contributed by atoms with Crippen LogP contribution in [0.3, 0.4) is 0 Å². The number of aromatic nitrogens is 2. The van der Waals surface area contributed by atoms with Gasteiger partial charge in [0.25, 0.3) is 0 Å². The Morgan fingerprint density at radius 2 is 1.68 bits per heavy atom. The van der Waals surface area contributed by atoms with Crippen molar-refractivity contribution in [2.24, 2.45) is 0 Å². The molecule has 162 valence electrons. The summed E-state index contributed by atoms with van der Waals surface area (Å²) in [6.45, 7) is 9.31. The number of benzene rings is 1. The van der Waals surface area contributed by atoms with E-state index >= 15 is 0 Å². The number of pyridine rings is 1. The third-order valence-electron chi connectivity index (χ3n) is 6.44. The highest BCUT2D eigenvalue weighted by Gasteiger charge is 2.26. The van der Waals surface area contributed by atoms with E-state index in [1.807, 2.05) is 39.8 Å². The van der Waals surface area contributed by atoms with Gasteiger partial charge in [0.1, 0.15) is 5.65 Å². The van der Waals surface area contributed by atoms with Crippen LogP contribution in [0.25, 0.3) is 16.9 Å². The van der Waals surface area contributed by atoms with Crippen LogP contribution in [0.1, 0.15) is 11.3 Å². The van der Waals surface area contributed by atoms with Crippen LogP contribution in [0.4, 0.5) is 10.5 Å². The molecule has 5 rings (SSSR count). The first kappa shape index (κ1) is 20.2. The Kier molecular flexibility index (Phi) is 5.52. The molecule has 0 spiro atoms. The summed E-state index contributed by atoms with van der Waals surface area (Å²) in [7, 11) is 0. The number of imidazole rings is 1. The molecule has 0 atom stereocenters. The molecule has 2 aliphatic rings. The Hall–Kier alpha value is -2.67. The molecule has 3 aromatic rings. The summed E-state index contributed by atoms with van der Waals surface area (Å²) in [4.78, 5) is 24.1. The van der Waals surface area contributed by atoms with E-state index in [2.05, 4.69) is 47.5 Å². The van der Waals surface area contributed by atoms with E-state index in [9.17, 15) is 4.79 Å². The lowest BCUT2D eigenvalue weighted by Crippen LogP contribution is -2.54. The number of piperazine rings is 1. The van der Waals surface area contributed by atoms with Gasteiger partial charge in [-0.05, 0) is 43.7 Å². The predicted octanol–water partition coefficient (Wildman–Crippen LogP) is 3.91. The van der Waals surface area contributed by atoms with E-state index in [1.54, 1.807) is 0 Å². The van der Waals surface area contributed by atoms with Gasteiger partial charge in [-0.2, -0.15) is 11.8 Å². The summed E-state index contributed by atoms with van der Waals surface area (Å²) in [6.07, 6.45) is 2.07. The Morgan fingerprint density at radius 1 is 0.935 bits per heavy atom. The van der Waals surface area contributed by atoms with E-state index in [1.165, 1.54) is 16.8 Å². The molecule has 4 heterocycles. The summed E-state index contributed by atoms with van der Waals surface area (Å²) >= 11 is 1.94. The van der Waals surface area contributed by atoms with Gasteiger partial charge in [0.15, 0.2) is 0 Å². The summed E-state index contributed by atoms with van der Waals surface area (Å²) in [5, 5.41) is 0. The number of carbonyl (C=O) groups excluding carboxylic acids is 1. The maximum Gasteiger partial charge on any atom is 0.320 e. The molecule has 2 aliphatic heterocycles. The molecule has 2 aromatic heterocycles. The van der Waals surface area contributed by atoms with Crippen molar-refractivity contribution in [2.75, 3.05) is 55.7 Å². The van der Waals surface area contributed by atoms with Crippen molar-refractivity contribution in [3.05, 3.63) is 53.9 Å². The van der Waals surface area contributed by atoms with E-state index in [4.69, 9.17) is 4.98 Å². The molecule has 2 amide bonds. The van der Waals surface area contributed by atoms with Gasteiger partial charge in [0.2, 0.25) is 0 Å².